The average Bonchev–Trinajstić information content (AvgIpc) is 3.02. The van der Waals surface area contributed by atoms with Crippen molar-refractivity contribution in [3.8, 4) is 0 Å². The summed E-state index contributed by atoms with van der Waals surface area (Å²) in [4.78, 5) is 63.7. The molecule has 0 atom stereocenters. The van der Waals surface area contributed by atoms with Crippen LogP contribution in [0.1, 0.15) is 63.7 Å². The molecule has 15 heteroatoms. The minimum absolute atomic E-state index is 0.0284. The van der Waals surface area contributed by atoms with E-state index >= 15 is 0 Å². The zero-order valence-corrected chi connectivity index (χ0v) is 21.5. The van der Waals surface area contributed by atoms with Gasteiger partial charge in [-0.1, -0.05) is 60.7 Å². The van der Waals surface area contributed by atoms with Crippen molar-refractivity contribution in [2.75, 3.05) is 0 Å². The van der Waals surface area contributed by atoms with E-state index in [0.29, 0.717) is 0 Å². The second kappa shape index (κ2) is 10.7. The van der Waals surface area contributed by atoms with Gasteiger partial charge in [-0.15, -0.1) is 15.3 Å². The first-order valence-corrected chi connectivity index (χ1v) is 12.3. The Kier molecular flexibility index (Phi) is 6.63. The molecular weight excluding hydrogens is 558 g/mol. The van der Waals surface area contributed by atoms with Crippen LogP contribution in [0.3, 0.4) is 0 Å². The maximum atomic E-state index is 13.6. The van der Waals surface area contributed by atoms with E-state index in [2.05, 4.69) is 41.5 Å². The predicted molar refractivity (Wildman–Crippen MR) is 145 cm³/mol. The lowest BCUT2D eigenvalue weighted by Crippen LogP contribution is -2.21. The number of hydrogen-bond acceptors (Lipinski definition) is 9. The molecule has 2 aliphatic rings. The van der Waals surface area contributed by atoms with E-state index in [4.69, 9.17) is 0 Å². The molecule has 0 unspecified atom stereocenters. The van der Waals surface area contributed by atoms with E-state index in [9.17, 15) is 29.3 Å². The van der Waals surface area contributed by atoms with Crippen LogP contribution in [0.25, 0.3) is 0 Å². The van der Waals surface area contributed by atoms with Crippen molar-refractivity contribution in [3.05, 3.63) is 133 Å². The topological polar surface area (TPSA) is 210 Å². The van der Waals surface area contributed by atoms with Gasteiger partial charge in [-0.05, 0) is 23.4 Å². The highest BCUT2D eigenvalue weighted by Gasteiger charge is 2.34. The number of fused-ring (bicyclic) bond motifs is 4. The SMILES string of the molecule is O=C1c2ccccc2C(=O)c2c(N=Nc3c(N=NN=NN=N[N+](=O)[O-])ccc4c3C(=O)c3ccccc3C4=O)cccc21. The van der Waals surface area contributed by atoms with Crippen LogP contribution in [0.5, 0.6) is 0 Å². The molecule has 0 aromatic heterocycles. The predicted octanol–water partition coefficient (Wildman–Crippen LogP) is 6.66. The molecule has 4 aromatic carbocycles. The van der Waals surface area contributed by atoms with Crippen LogP contribution in [0, 0.1) is 10.1 Å². The van der Waals surface area contributed by atoms with Crippen LogP contribution in [0.2, 0.25) is 0 Å². The molecule has 6 rings (SSSR count). The summed E-state index contributed by atoms with van der Waals surface area (Å²) in [6.45, 7) is 0. The van der Waals surface area contributed by atoms with E-state index in [0.717, 1.165) is 0 Å². The molecule has 0 fully saturated rings. The summed E-state index contributed by atoms with van der Waals surface area (Å²) in [6.07, 6.45) is 0. The molecule has 0 saturated carbocycles. The number of nitrogens with zero attached hydrogens (tertiary/aromatic N) is 9. The Morgan fingerprint density at radius 2 is 1.00 bits per heavy atom. The lowest BCUT2D eigenvalue weighted by molar-refractivity contribution is -0.494. The molecule has 43 heavy (non-hydrogen) atoms. The third kappa shape index (κ3) is 4.61. The summed E-state index contributed by atoms with van der Waals surface area (Å²) in [6, 6.07) is 19.9. The van der Waals surface area contributed by atoms with Gasteiger partial charge in [0.25, 0.3) is 0 Å². The van der Waals surface area contributed by atoms with E-state index in [-0.39, 0.29) is 67.4 Å². The fraction of sp³-hybridized carbons (Fsp3) is 0. The largest absolute Gasteiger partial charge is 0.337 e. The molecule has 15 nitrogen and oxygen atoms in total. The van der Waals surface area contributed by atoms with Gasteiger partial charge in [0.2, 0.25) is 10.4 Å². The first kappa shape index (κ1) is 26.6. The quantitative estimate of drug-likeness (QED) is 0.121. The first-order chi connectivity index (χ1) is 20.9. The fourth-order valence-corrected chi connectivity index (χ4v) is 4.81. The van der Waals surface area contributed by atoms with E-state index in [1.807, 2.05) is 0 Å². The summed E-state index contributed by atoms with van der Waals surface area (Å²) in [5.41, 5.74) is 0.701. The van der Waals surface area contributed by atoms with Crippen LogP contribution in [-0.2, 0) is 0 Å². The highest BCUT2D eigenvalue weighted by Crippen LogP contribution is 2.41. The fourth-order valence-electron chi connectivity index (χ4n) is 4.81. The Bertz CT molecular complexity index is 2050. The van der Waals surface area contributed by atoms with Gasteiger partial charge in [-0.2, -0.15) is 0 Å². The number of benzene rings is 4. The zero-order valence-electron chi connectivity index (χ0n) is 21.5. The molecule has 0 radical (unpaired) electrons. The summed E-state index contributed by atoms with van der Waals surface area (Å²) >= 11 is 0. The Morgan fingerprint density at radius 3 is 1.63 bits per heavy atom. The third-order valence-electron chi connectivity index (χ3n) is 6.62. The molecule has 0 spiro atoms. The molecule has 0 amide bonds. The van der Waals surface area contributed by atoms with E-state index < -0.39 is 22.4 Å². The Hall–Kier alpha value is -6.64. The van der Waals surface area contributed by atoms with E-state index in [1.54, 1.807) is 36.4 Å². The van der Waals surface area contributed by atoms with Crippen molar-refractivity contribution in [2.24, 2.45) is 41.5 Å². The first-order valence-electron chi connectivity index (χ1n) is 12.3. The number of nitro groups is 1. The molecule has 0 heterocycles. The molecular formula is C28H13N9O6. The lowest BCUT2D eigenvalue weighted by Gasteiger charge is -2.19. The van der Waals surface area contributed by atoms with Crippen LogP contribution >= 0.6 is 0 Å². The second-order valence-electron chi connectivity index (χ2n) is 8.95. The second-order valence-corrected chi connectivity index (χ2v) is 8.95. The maximum absolute atomic E-state index is 13.6. The molecule has 0 N–H and O–H groups in total. The summed E-state index contributed by atoms with van der Waals surface area (Å²) < 4.78 is 0. The third-order valence-corrected chi connectivity index (χ3v) is 6.62. The summed E-state index contributed by atoms with van der Waals surface area (Å²) in [5, 5.41) is 36.4. The Balaban J connectivity index is 1.49. The van der Waals surface area contributed by atoms with Crippen LogP contribution < -0.4 is 0 Å². The summed E-state index contributed by atoms with van der Waals surface area (Å²) in [7, 11) is 0. The number of carbonyl (C=O) groups is 4. The molecule has 0 aliphatic heterocycles. The Labute approximate surface area is 239 Å². The van der Waals surface area contributed by atoms with Crippen molar-refractivity contribution in [3.63, 3.8) is 0 Å². The molecule has 2 aliphatic carbocycles. The van der Waals surface area contributed by atoms with Gasteiger partial charge in [0.1, 0.15) is 16.6 Å². The van der Waals surface area contributed by atoms with Gasteiger partial charge >= 0.3 is 0 Å². The van der Waals surface area contributed by atoms with Gasteiger partial charge < -0.3 is 10.1 Å². The van der Waals surface area contributed by atoms with Crippen molar-refractivity contribution in [1.82, 2.24) is 0 Å². The van der Waals surface area contributed by atoms with Crippen LogP contribution in [0.15, 0.2) is 120 Å². The van der Waals surface area contributed by atoms with Gasteiger partial charge in [0.05, 0.1) is 21.8 Å². The van der Waals surface area contributed by atoms with Crippen molar-refractivity contribution in [2.45, 2.75) is 0 Å². The monoisotopic (exact) mass is 571 g/mol. The number of azo groups is 1. The van der Waals surface area contributed by atoms with Gasteiger partial charge in [-0.3, -0.25) is 19.2 Å². The number of hydrogen-bond donors (Lipinski definition) is 0. The molecule has 0 bridgehead atoms. The van der Waals surface area contributed by atoms with Crippen LogP contribution in [0.4, 0.5) is 17.1 Å². The number of rotatable bonds is 6. The summed E-state index contributed by atoms with van der Waals surface area (Å²) in [5.74, 6) is -1.75. The smallest absolute Gasteiger partial charge is 0.230 e. The van der Waals surface area contributed by atoms with Crippen molar-refractivity contribution < 1.29 is 24.2 Å². The zero-order chi connectivity index (χ0) is 30.1. The molecule has 0 saturated heterocycles. The average molecular weight is 571 g/mol. The maximum Gasteiger partial charge on any atom is 0.230 e. The normalized spacial score (nSPS) is 14.0. The number of carbonyl (C=O) groups excluding carboxylic acids is 4. The minimum atomic E-state index is -1.10. The van der Waals surface area contributed by atoms with Crippen molar-refractivity contribution >= 4 is 40.2 Å². The van der Waals surface area contributed by atoms with Crippen LogP contribution in [-0.4, -0.2) is 28.2 Å². The highest BCUT2D eigenvalue weighted by molar-refractivity contribution is 6.31. The van der Waals surface area contributed by atoms with Crippen molar-refractivity contribution in [1.29, 1.82) is 0 Å². The van der Waals surface area contributed by atoms with Gasteiger partial charge in [-0.25, -0.2) is 0 Å². The molecule has 206 valence electrons. The van der Waals surface area contributed by atoms with E-state index in [1.165, 1.54) is 42.5 Å². The molecule has 4 aromatic rings. The Morgan fingerprint density at radius 1 is 0.465 bits per heavy atom. The number of ketones is 4. The standard InChI is InChI=1S/C28H13N9O6/c38-25-14-6-1-3-8-16(14)27(40)22-18(25)10-5-11-20(22)29-31-24-21(30-32-33-34-35-36-37(42)43)13-12-19-23(24)28(41)17-9-4-2-7-15(17)26(19)39/h1-13H. The minimum Gasteiger partial charge on any atom is -0.337 e. The highest BCUT2D eigenvalue weighted by atomic mass is 16.7. The lowest BCUT2D eigenvalue weighted by atomic mass is 9.83. The van der Waals surface area contributed by atoms with Gasteiger partial charge in [0.15, 0.2) is 23.1 Å². The van der Waals surface area contributed by atoms with Gasteiger partial charge in [0, 0.05) is 38.6 Å².